The van der Waals surface area contributed by atoms with Crippen LogP contribution in [0.5, 0.6) is 0 Å². The second-order valence-electron chi connectivity index (χ2n) is 4.25. The Hall–Kier alpha value is -1.61. The van der Waals surface area contributed by atoms with Gasteiger partial charge >= 0.3 is 5.97 Å². The molecule has 1 aromatic carbocycles. The second-order valence-corrected chi connectivity index (χ2v) is 4.25. The molecule has 1 fully saturated rings. The van der Waals surface area contributed by atoms with Crippen molar-refractivity contribution in [3.05, 3.63) is 42.0 Å². The first-order valence-electron chi connectivity index (χ1n) is 5.36. The number of carboxylic acid groups (broad SMARTS) is 1. The van der Waals surface area contributed by atoms with Crippen LogP contribution in [0.4, 0.5) is 0 Å². The topological polar surface area (TPSA) is 63.3 Å². The van der Waals surface area contributed by atoms with Gasteiger partial charge in [0.05, 0.1) is 5.41 Å². The van der Waals surface area contributed by atoms with Gasteiger partial charge in [-0.3, -0.25) is 4.79 Å². The molecule has 0 radical (unpaired) electrons. The molecule has 84 valence electrons. The number of aliphatic carboxylic acids is 1. The molecule has 2 rings (SSSR count). The van der Waals surface area contributed by atoms with Gasteiger partial charge in [0.2, 0.25) is 0 Å². The van der Waals surface area contributed by atoms with E-state index in [1.165, 1.54) is 0 Å². The summed E-state index contributed by atoms with van der Waals surface area (Å²) in [6, 6.07) is 9.85. The number of carbonyl (C=O) groups is 1. The first kappa shape index (κ1) is 10.9. The van der Waals surface area contributed by atoms with Crippen LogP contribution in [0.2, 0.25) is 0 Å². The minimum atomic E-state index is -0.780. The van der Waals surface area contributed by atoms with Crippen LogP contribution in [0.25, 0.3) is 6.08 Å². The number of nitrogens with two attached hydrogens (primary N) is 1. The third-order valence-electron chi connectivity index (χ3n) is 3.24. The highest BCUT2D eigenvalue weighted by molar-refractivity contribution is 5.80. The minimum absolute atomic E-state index is 0.0789. The van der Waals surface area contributed by atoms with Crippen molar-refractivity contribution in [1.29, 1.82) is 0 Å². The molecule has 1 aliphatic rings. The molecule has 1 aliphatic carbocycles. The maximum atomic E-state index is 11.0. The van der Waals surface area contributed by atoms with Gasteiger partial charge in [-0.25, -0.2) is 0 Å². The standard InChI is InChI=1S/C13H15NO2/c14-9-13(12(15)16)8-11(13)7-6-10-4-2-1-3-5-10/h1-7,11H,8-9,14H2,(H,15,16). The van der Waals surface area contributed by atoms with Gasteiger partial charge in [0.25, 0.3) is 0 Å². The summed E-state index contributed by atoms with van der Waals surface area (Å²) >= 11 is 0. The molecule has 2 unspecified atom stereocenters. The van der Waals surface area contributed by atoms with Crippen LogP contribution in [-0.2, 0) is 4.79 Å². The zero-order valence-electron chi connectivity index (χ0n) is 8.97. The van der Waals surface area contributed by atoms with E-state index in [2.05, 4.69) is 0 Å². The molecule has 0 spiro atoms. The van der Waals surface area contributed by atoms with Crippen molar-refractivity contribution in [2.75, 3.05) is 6.54 Å². The summed E-state index contributed by atoms with van der Waals surface area (Å²) in [6.07, 6.45) is 4.57. The fourth-order valence-electron chi connectivity index (χ4n) is 1.95. The smallest absolute Gasteiger partial charge is 0.311 e. The van der Waals surface area contributed by atoms with E-state index in [9.17, 15) is 4.79 Å². The SMILES string of the molecule is NCC1(C(=O)O)CC1C=Cc1ccccc1. The van der Waals surface area contributed by atoms with E-state index < -0.39 is 11.4 Å². The summed E-state index contributed by atoms with van der Waals surface area (Å²) in [5.41, 5.74) is 5.90. The highest BCUT2D eigenvalue weighted by Crippen LogP contribution is 2.53. The van der Waals surface area contributed by atoms with Crippen LogP contribution in [0.15, 0.2) is 36.4 Å². The number of allylic oxidation sites excluding steroid dienone is 1. The van der Waals surface area contributed by atoms with Crippen molar-refractivity contribution in [3.63, 3.8) is 0 Å². The second kappa shape index (κ2) is 4.10. The average Bonchev–Trinajstić information content (AvgIpc) is 3.03. The Morgan fingerprint density at radius 3 is 2.69 bits per heavy atom. The largest absolute Gasteiger partial charge is 0.481 e. The fourth-order valence-corrected chi connectivity index (χ4v) is 1.95. The fraction of sp³-hybridized carbons (Fsp3) is 0.308. The molecule has 16 heavy (non-hydrogen) atoms. The van der Waals surface area contributed by atoms with Crippen molar-refractivity contribution in [3.8, 4) is 0 Å². The summed E-state index contributed by atoms with van der Waals surface area (Å²) in [6.45, 7) is 0.214. The first-order chi connectivity index (χ1) is 7.69. The molecule has 3 N–H and O–H groups in total. The lowest BCUT2D eigenvalue weighted by atomic mass is 10.0. The van der Waals surface area contributed by atoms with Gasteiger partial charge in [-0.1, -0.05) is 42.5 Å². The zero-order valence-corrected chi connectivity index (χ0v) is 8.97. The van der Waals surface area contributed by atoms with E-state index in [0.717, 1.165) is 5.56 Å². The number of hydrogen-bond acceptors (Lipinski definition) is 2. The monoisotopic (exact) mass is 217 g/mol. The van der Waals surface area contributed by atoms with Crippen LogP contribution >= 0.6 is 0 Å². The van der Waals surface area contributed by atoms with E-state index >= 15 is 0 Å². The predicted molar refractivity (Wildman–Crippen MR) is 62.7 cm³/mol. The quantitative estimate of drug-likeness (QED) is 0.807. The zero-order chi connectivity index (χ0) is 11.6. The van der Waals surface area contributed by atoms with Crippen molar-refractivity contribution >= 4 is 12.0 Å². The number of hydrogen-bond donors (Lipinski definition) is 2. The van der Waals surface area contributed by atoms with Gasteiger partial charge < -0.3 is 10.8 Å². The molecular weight excluding hydrogens is 202 g/mol. The molecule has 3 heteroatoms. The Kier molecular flexibility index (Phi) is 2.79. The van der Waals surface area contributed by atoms with Gasteiger partial charge in [0.1, 0.15) is 0 Å². The molecule has 0 aromatic heterocycles. The molecule has 2 atom stereocenters. The Labute approximate surface area is 94.6 Å². The number of rotatable bonds is 4. The van der Waals surface area contributed by atoms with E-state index in [1.807, 2.05) is 42.5 Å². The summed E-state index contributed by atoms with van der Waals surface area (Å²) in [5, 5.41) is 9.06. The van der Waals surface area contributed by atoms with Crippen LogP contribution in [0.1, 0.15) is 12.0 Å². The molecule has 0 bridgehead atoms. The maximum Gasteiger partial charge on any atom is 0.311 e. The average molecular weight is 217 g/mol. The lowest BCUT2D eigenvalue weighted by Gasteiger charge is -2.05. The van der Waals surface area contributed by atoms with Crippen LogP contribution in [-0.4, -0.2) is 17.6 Å². The third-order valence-corrected chi connectivity index (χ3v) is 3.24. The molecule has 0 aliphatic heterocycles. The summed E-state index contributed by atoms with van der Waals surface area (Å²) < 4.78 is 0. The molecule has 0 saturated heterocycles. The highest BCUT2D eigenvalue weighted by Gasteiger charge is 2.58. The van der Waals surface area contributed by atoms with E-state index in [-0.39, 0.29) is 12.5 Å². The lowest BCUT2D eigenvalue weighted by Crippen LogP contribution is -2.26. The lowest BCUT2D eigenvalue weighted by molar-refractivity contribution is -0.143. The van der Waals surface area contributed by atoms with Gasteiger partial charge in [-0.05, 0) is 17.9 Å². The summed E-state index contributed by atoms with van der Waals surface area (Å²) in [4.78, 5) is 11.0. The predicted octanol–water partition coefficient (Wildman–Crippen LogP) is 1.75. The Bertz CT molecular complexity index is 413. The molecule has 0 heterocycles. The summed E-state index contributed by atoms with van der Waals surface area (Å²) in [7, 11) is 0. The molecular formula is C13H15NO2. The van der Waals surface area contributed by atoms with E-state index in [1.54, 1.807) is 0 Å². The van der Waals surface area contributed by atoms with Crippen molar-refractivity contribution < 1.29 is 9.90 Å². The summed E-state index contributed by atoms with van der Waals surface area (Å²) in [5.74, 6) is -0.701. The van der Waals surface area contributed by atoms with Crippen molar-refractivity contribution in [1.82, 2.24) is 0 Å². The number of carboxylic acids is 1. The molecule has 1 aromatic rings. The molecule has 0 amide bonds. The van der Waals surface area contributed by atoms with Gasteiger partial charge in [-0.15, -0.1) is 0 Å². The van der Waals surface area contributed by atoms with Crippen LogP contribution < -0.4 is 5.73 Å². The molecule has 3 nitrogen and oxygen atoms in total. The van der Waals surface area contributed by atoms with Crippen LogP contribution in [0, 0.1) is 11.3 Å². The number of benzene rings is 1. The normalized spacial score (nSPS) is 28.2. The highest BCUT2D eigenvalue weighted by atomic mass is 16.4. The van der Waals surface area contributed by atoms with Gasteiger partial charge in [0, 0.05) is 6.54 Å². The van der Waals surface area contributed by atoms with Gasteiger partial charge in [-0.2, -0.15) is 0 Å². The van der Waals surface area contributed by atoms with Crippen molar-refractivity contribution in [2.24, 2.45) is 17.1 Å². The van der Waals surface area contributed by atoms with E-state index in [4.69, 9.17) is 10.8 Å². The van der Waals surface area contributed by atoms with E-state index in [0.29, 0.717) is 6.42 Å². The van der Waals surface area contributed by atoms with Crippen molar-refractivity contribution in [2.45, 2.75) is 6.42 Å². The Morgan fingerprint density at radius 2 is 2.19 bits per heavy atom. The molecule has 1 saturated carbocycles. The Morgan fingerprint density at radius 1 is 1.50 bits per heavy atom. The maximum absolute atomic E-state index is 11.0. The van der Waals surface area contributed by atoms with Gasteiger partial charge in [0.15, 0.2) is 0 Å². The minimum Gasteiger partial charge on any atom is -0.481 e. The van der Waals surface area contributed by atoms with Crippen LogP contribution in [0.3, 0.4) is 0 Å². The first-order valence-corrected chi connectivity index (χ1v) is 5.36. The third kappa shape index (κ3) is 1.86. The Balaban J connectivity index is 2.04.